The van der Waals surface area contributed by atoms with E-state index in [0.717, 1.165) is 30.0 Å². The van der Waals surface area contributed by atoms with Gasteiger partial charge in [-0.2, -0.15) is 4.31 Å². The molecule has 27 heavy (non-hydrogen) atoms. The molecule has 0 radical (unpaired) electrons. The van der Waals surface area contributed by atoms with Gasteiger partial charge in [-0.05, 0) is 49.9 Å². The molecule has 9 heteroatoms. The number of rotatable bonds is 6. The van der Waals surface area contributed by atoms with Crippen LogP contribution in [0.5, 0.6) is 0 Å². The van der Waals surface area contributed by atoms with Crippen molar-refractivity contribution in [2.75, 3.05) is 18.9 Å². The summed E-state index contributed by atoms with van der Waals surface area (Å²) in [5, 5.41) is 9.07. The van der Waals surface area contributed by atoms with Crippen molar-refractivity contribution in [1.29, 1.82) is 0 Å². The number of piperidine rings is 1. The standard InChI is InChI=1S/C18H26N4O4S/c1-12(23)19-13-5-7-17(8-6-13)27(25,26)22(2)11-18(24)21-16-9-14-3-4-15(10-16)20-14/h5-8,14-16,20H,3-4,9-11H2,1-2H3,(H,19,23)(H,21,24). The van der Waals surface area contributed by atoms with Crippen LogP contribution >= 0.6 is 0 Å². The first-order valence-electron chi connectivity index (χ1n) is 9.13. The van der Waals surface area contributed by atoms with E-state index in [9.17, 15) is 18.0 Å². The predicted octanol–water partition coefficient (Wildman–Crippen LogP) is 0.665. The van der Waals surface area contributed by atoms with Gasteiger partial charge in [-0.3, -0.25) is 9.59 Å². The highest BCUT2D eigenvalue weighted by Crippen LogP contribution is 2.26. The molecular formula is C18H26N4O4S. The van der Waals surface area contributed by atoms with E-state index in [1.807, 2.05) is 0 Å². The Bertz CT molecular complexity index is 797. The number of fused-ring (bicyclic) bond motifs is 2. The smallest absolute Gasteiger partial charge is 0.243 e. The Kier molecular flexibility index (Phi) is 5.83. The summed E-state index contributed by atoms with van der Waals surface area (Å²) in [7, 11) is -2.39. The Morgan fingerprint density at radius 2 is 1.74 bits per heavy atom. The van der Waals surface area contributed by atoms with Crippen LogP contribution in [0.3, 0.4) is 0 Å². The van der Waals surface area contributed by atoms with Gasteiger partial charge in [0.25, 0.3) is 0 Å². The molecule has 0 spiro atoms. The summed E-state index contributed by atoms with van der Waals surface area (Å²) in [6.07, 6.45) is 4.06. The number of nitrogens with one attached hydrogen (secondary N) is 3. The number of hydrogen-bond donors (Lipinski definition) is 3. The lowest BCUT2D eigenvalue weighted by Crippen LogP contribution is -2.50. The van der Waals surface area contributed by atoms with Crippen LogP contribution in [0.2, 0.25) is 0 Å². The molecule has 0 aliphatic carbocycles. The van der Waals surface area contributed by atoms with E-state index in [2.05, 4.69) is 16.0 Å². The second-order valence-corrected chi connectivity index (χ2v) is 9.39. The number of benzene rings is 1. The lowest BCUT2D eigenvalue weighted by molar-refractivity contribution is -0.122. The maximum Gasteiger partial charge on any atom is 0.243 e. The molecule has 2 amide bonds. The molecule has 0 aromatic heterocycles. The summed E-state index contributed by atoms with van der Waals surface area (Å²) in [6, 6.07) is 6.89. The van der Waals surface area contributed by atoms with E-state index in [1.54, 1.807) is 0 Å². The molecule has 1 aromatic rings. The van der Waals surface area contributed by atoms with E-state index < -0.39 is 10.0 Å². The molecular weight excluding hydrogens is 368 g/mol. The van der Waals surface area contributed by atoms with Gasteiger partial charge >= 0.3 is 0 Å². The average molecular weight is 394 g/mol. The van der Waals surface area contributed by atoms with Gasteiger partial charge in [-0.1, -0.05) is 0 Å². The Labute approximate surface area is 159 Å². The van der Waals surface area contributed by atoms with Crippen molar-refractivity contribution in [3.8, 4) is 0 Å². The fraction of sp³-hybridized carbons (Fsp3) is 0.556. The molecule has 0 saturated carbocycles. The summed E-state index contributed by atoms with van der Waals surface area (Å²) in [6.45, 7) is 1.15. The second-order valence-electron chi connectivity index (χ2n) is 7.34. The molecule has 8 nitrogen and oxygen atoms in total. The number of carbonyl (C=O) groups excluding carboxylic acids is 2. The van der Waals surface area contributed by atoms with E-state index in [0.29, 0.717) is 17.8 Å². The van der Waals surface area contributed by atoms with Gasteiger partial charge in [0.2, 0.25) is 21.8 Å². The van der Waals surface area contributed by atoms with Crippen LogP contribution in [0.25, 0.3) is 0 Å². The highest BCUT2D eigenvalue weighted by molar-refractivity contribution is 7.89. The third-order valence-corrected chi connectivity index (χ3v) is 6.90. The van der Waals surface area contributed by atoms with Gasteiger partial charge in [0.1, 0.15) is 0 Å². The quantitative estimate of drug-likeness (QED) is 0.657. The van der Waals surface area contributed by atoms with Crippen molar-refractivity contribution >= 4 is 27.5 Å². The SMILES string of the molecule is CC(=O)Nc1ccc(S(=O)(=O)N(C)CC(=O)NC2CC3CCC(C2)N3)cc1. The number of likely N-dealkylation sites (N-methyl/N-ethyl adjacent to an activating group) is 1. The van der Waals surface area contributed by atoms with Crippen molar-refractivity contribution in [2.45, 2.75) is 55.6 Å². The van der Waals surface area contributed by atoms with Crippen LogP contribution < -0.4 is 16.0 Å². The third kappa shape index (κ3) is 4.85. The Balaban J connectivity index is 1.57. The fourth-order valence-electron chi connectivity index (χ4n) is 3.83. The van der Waals surface area contributed by atoms with Crippen molar-refractivity contribution in [3.05, 3.63) is 24.3 Å². The van der Waals surface area contributed by atoms with Crippen LogP contribution in [-0.2, 0) is 19.6 Å². The van der Waals surface area contributed by atoms with Crippen LogP contribution in [0.15, 0.2) is 29.2 Å². The molecule has 3 rings (SSSR count). The number of sulfonamides is 1. The van der Waals surface area contributed by atoms with Crippen molar-refractivity contribution in [3.63, 3.8) is 0 Å². The van der Waals surface area contributed by atoms with E-state index in [4.69, 9.17) is 0 Å². The summed E-state index contributed by atoms with van der Waals surface area (Å²) in [4.78, 5) is 23.4. The van der Waals surface area contributed by atoms with Gasteiger partial charge in [-0.15, -0.1) is 0 Å². The molecule has 148 valence electrons. The zero-order chi connectivity index (χ0) is 19.6. The normalized spacial score (nSPS) is 24.6. The van der Waals surface area contributed by atoms with Crippen molar-refractivity contribution < 1.29 is 18.0 Å². The van der Waals surface area contributed by atoms with Gasteiger partial charge in [0, 0.05) is 37.8 Å². The van der Waals surface area contributed by atoms with Crippen LogP contribution in [0, 0.1) is 0 Å². The number of carbonyl (C=O) groups is 2. The first-order chi connectivity index (χ1) is 12.7. The highest BCUT2D eigenvalue weighted by atomic mass is 32.2. The lowest BCUT2D eigenvalue weighted by atomic mass is 10.00. The molecule has 2 heterocycles. The summed E-state index contributed by atoms with van der Waals surface area (Å²) in [5.41, 5.74) is 0.516. The number of amides is 2. The monoisotopic (exact) mass is 394 g/mol. The Hall–Kier alpha value is -1.97. The van der Waals surface area contributed by atoms with E-state index >= 15 is 0 Å². The molecule has 2 aliphatic heterocycles. The first kappa shape index (κ1) is 19.8. The molecule has 2 aliphatic rings. The minimum absolute atomic E-state index is 0.0758. The molecule has 2 unspecified atom stereocenters. The molecule has 2 bridgehead atoms. The summed E-state index contributed by atoms with van der Waals surface area (Å²) in [5.74, 6) is -0.520. The zero-order valence-electron chi connectivity index (χ0n) is 15.6. The number of anilines is 1. The first-order valence-corrected chi connectivity index (χ1v) is 10.6. The number of hydrogen-bond acceptors (Lipinski definition) is 5. The lowest BCUT2D eigenvalue weighted by Gasteiger charge is -2.30. The minimum Gasteiger partial charge on any atom is -0.352 e. The molecule has 2 atom stereocenters. The highest BCUT2D eigenvalue weighted by Gasteiger charge is 2.34. The predicted molar refractivity (Wildman–Crippen MR) is 102 cm³/mol. The van der Waals surface area contributed by atoms with Crippen molar-refractivity contribution in [2.24, 2.45) is 0 Å². The molecule has 2 fully saturated rings. The Morgan fingerprint density at radius 3 is 2.30 bits per heavy atom. The third-order valence-electron chi connectivity index (χ3n) is 5.09. The van der Waals surface area contributed by atoms with Crippen molar-refractivity contribution in [1.82, 2.24) is 14.9 Å². The maximum atomic E-state index is 12.7. The van der Waals surface area contributed by atoms with E-state index in [-0.39, 0.29) is 29.3 Å². The van der Waals surface area contributed by atoms with Gasteiger partial charge < -0.3 is 16.0 Å². The van der Waals surface area contributed by atoms with Crippen LogP contribution in [0.4, 0.5) is 5.69 Å². The molecule has 2 saturated heterocycles. The largest absolute Gasteiger partial charge is 0.352 e. The molecule has 1 aromatic carbocycles. The number of nitrogens with zero attached hydrogens (tertiary/aromatic N) is 1. The van der Waals surface area contributed by atoms with Gasteiger partial charge in [0.05, 0.1) is 11.4 Å². The van der Waals surface area contributed by atoms with Gasteiger partial charge in [-0.25, -0.2) is 8.42 Å². The Morgan fingerprint density at radius 1 is 1.15 bits per heavy atom. The maximum absolute atomic E-state index is 12.7. The van der Waals surface area contributed by atoms with Crippen LogP contribution in [0.1, 0.15) is 32.6 Å². The van der Waals surface area contributed by atoms with E-state index in [1.165, 1.54) is 38.2 Å². The second kappa shape index (κ2) is 7.95. The van der Waals surface area contributed by atoms with Crippen LogP contribution in [-0.4, -0.2) is 56.3 Å². The van der Waals surface area contributed by atoms with Gasteiger partial charge in [0.15, 0.2) is 0 Å². The summed E-state index contributed by atoms with van der Waals surface area (Å²) < 4.78 is 26.4. The summed E-state index contributed by atoms with van der Waals surface area (Å²) >= 11 is 0. The topological polar surface area (TPSA) is 108 Å². The fourth-order valence-corrected chi connectivity index (χ4v) is 4.96. The minimum atomic E-state index is -3.78. The zero-order valence-corrected chi connectivity index (χ0v) is 16.4. The molecule has 3 N–H and O–H groups in total. The average Bonchev–Trinajstić information content (AvgIpc) is 2.93.